The number of para-hydroxylation sites is 3. The summed E-state index contributed by atoms with van der Waals surface area (Å²) < 4.78 is 13.3. The molecule has 0 spiro atoms. The summed E-state index contributed by atoms with van der Waals surface area (Å²) >= 11 is 0. The Hall–Kier alpha value is -6.38. The smallest absolute Gasteiger partial charge is 0.143 e. The molecule has 0 atom stereocenters. The van der Waals surface area contributed by atoms with Crippen molar-refractivity contribution in [1.82, 2.24) is 0 Å². The third-order valence-electron chi connectivity index (χ3n) is 10.2. The largest absolute Gasteiger partial charge is 0.457 e. The maximum absolute atomic E-state index is 6.81. The Labute approximate surface area is 284 Å². The van der Waals surface area contributed by atoms with Gasteiger partial charge in [-0.25, -0.2) is 0 Å². The van der Waals surface area contributed by atoms with Crippen LogP contribution >= 0.6 is 0 Å². The molecule has 0 fully saturated rings. The Morgan fingerprint density at radius 2 is 0.959 bits per heavy atom. The van der Waals surface area contributed by atoms with Gasteiger partial charge in [-0.15, -0.1) is 0 Å². The number of hydrogen-bond donors (Lipinski definition) is 0. The Kier molecular flexibility index (Phi) is 6.13. The zero-order valence-electron chi connectivity index (χ0n) is 26.6. The van der Waals surface area contributed by atoms with Crippen molar-refractivity contribution < 1.29 is 9.15 Å². The Balaban J connectivity index is 1.19. The van der Waals surface area contributed by atoms with Crippen molar-refractivity contribution in [1.29, 1.82) is 0 Å². The summed E-state index contributed by atoms with van der Waals surface area (Å²) in [5, 5.41) is 4.63. The molecule has 1 aliphatic heterocycles. The first-order chi connectivity index (χ1) is 24.3. The van der Waals surface area contributed by atoms with Gasteiger partial charge in [-0.3, -0.25) is 0 Å². The van der Waals surface area contributed by atoms with E-state index in [-0.39, 0.29) is 0 Å². The van der Waals surface area contributed by atoms with E-state index in [0.29, 0.717) is 0 Å². The fraction of sp³-hybridized carbons (Fsp3) is 0.0213. The van der Waals surface area contributed by atoms with Crippen molar-refractivity contribution in [3.05, 3.63) is 204 Å². The molecule has 1 aliphatic rings. The highest BCUT2D eigenvalue weighted by molar-refractivity contribution is 6.13. The number of furan rings is 1. The lowest BCUT2D eigenvalue weighted by Crippen LogP contribution is -2.34. The highest BCUT2D eigenvalue weighted by atomic mass is 16.5. The minimum atomic E-state index is -0.539. The van der Waals surface area contributed by atoms with Gasteiger partial charge in [0.25, 0.3) is 0 Å². The molecular formula is C47H30O2. The fourth-order valence-electron chi connectivity index (χ4n) is 8.12. The second-order valence-electron chi connectivity index (χ2n) is 12.8. The normalized spacial score (nSPS) is 13.2. The average Bonchev–Trinajstić information content (AvgIpc) is 3.56. The predicted molar refractivity (Wildman–Crippen MR) is 200 cm³/mol. The van der Waals surface area contributed by atoms with E-state index in [0.717, 1.165) is 66.8 Å². The Bertz CT molecular complexity index is 2650. The van der Waals surface area contributed by atoms with Gasteiger partial charge in [0, 0.05) is 27.5 Å². The predicted octanol–water partition coefficient (Wildman–Crippen LogP) is 12.6. The van der Waals surface area contributed by atoms with Crippen LogP contribution in [0, 0.1) is 0 Å². The molecule has 2 heteroatoms. The molecule has 0 amide bonds. The van der Waals surface area contributed by atoms with Crippen molar-refractivity contribution in [2.75, 3.05) is 0 Å². The van der Waals surface area contributed by atoms with Gasteiger partial charge in [0.1, 0.15) is 22.7 Å². The Morgan fingerprint density at radius 1 is 0.367 bits per heavy atom. The topological polar surface area (TPSA) is 22.4 Å². The first kappa shape index (κ1) is 27.7. The maximum atomic E-state index is 6.81. The number of benzene rings is 8. The maximum Gasteiger partial charge on any atom is 0.143 e. The summed E-state index contributed by atoms with van der Waals surface area (Å²) in [5.74, 6) is 1.74. The summed E-state index contributed by atoms with van der Waals surface area (Å²) in [6.07, 6.45) is 0. The van der Waals surface area contributed by atoms with Crippen LogP contribution in [0.3, 0.4) is 0 Å². The van der Waals surface area contributed by atoms with Gasteiger partial charge >= 0.3 is 0 Å². The van der Waals surface area contributed by atoms with Crippen molar-refractivity contribution in [2.24, 2.45) is 0 Å². The number of fused-ring (bicyclic) bond motifs is 6. The van der Waals surface area contributed by atoms with Gasteiger partial charge in [0.2, 0.25) is 0 Å². The molecule has 0 bridgehead atoms. The monoisotopic (exact) mass is 626 g/mol. The average molecular weight is 627 g/mol. The molecule has 0 unspecified atom stereocenters. The lowest BCUT2D eigenvalue weighted by atomic mass is 9.63. The molecule has 1 aromatic heterocycles. The molecule has 2 heterocycles. The molecule has 0 saturated carbocycles. The molecular weight excluding hydrogens is 597 g/mol. The van der Waals surface area contributed by atoms with Crippen LogP contribution < -0.4 is 4.74 Å². The van der Waals surface area contributed by atoms with Crippen LogP contribution in [0.5, 0.6) is 11.5 Å². The van der Waals surface area contributed by atoms with Crippen molar-refractivity contribution in [3.8, 4) is 33.8 Å². The Morgan fingerprint density at radius 3 is 1.73 bits per heavy atom. The lowest BCUT2D eigenvalue weighted by Gasteiger charge is -2.41. The standard InChI is InChI=1S/C47H30O2/c1-3-14-32(15-4-1)47(33-16-5-2-6-17-33)41-23-10-12-25-44(41)48-45-30-31(26-29-42(45)47)34-27-28-37(36-19-8-7-18-35(34)36)39-21-13-22-40-38-20-9-11-24-43(38)49-46(39)40/h1-30H. The summed E-state index contributed by atoms with van der Waals surface area (Å²) in [7, 11) is 0. The zero-order valence-corrected chi connectivity index (χ0v) is 26.6. The number of ether oxygens (including phenoxy) is 1. The van der Waals surface area contributed by atoms with Crippen LogP contribution in [0.4, 0.5) is 0 Å². The van der Waals surface area contributed by atoms with Crippen LogP contribution in [0.25, 0.3) is 55.0 Å². The zero-order chi connectivity index (χ0) is 32.4. The highest BCUT2D eigenvalue weighted by Crippen LogP contribution is 2.56. The third-order valence-corrected chi connectivity index (χ3v) is 10.2. The van der Waals surface area contributed by atoms with Gasteiger partial charge in [0.05, 0.1) is 5.41 Å². The molecule has 2 nitrogen and oxygen atoms in total. The van der Waals surface area contributed by atoms with Crippen LogP contribution in [-0.2, 0) is 5.41 Å². The van der Waals surface area contributed by atoms with Crippen molar-refractivity contribution in [3.63, 3.8) is 0 Å². The minimum absolute atomic E-state index is 0.539. The van der Waals surface area contributed by atoms with Gasteiger partial charge in [-0.1, -0.05) is 164 Å². The van der Waals surface area contributed by atoms with E-state index < -0.39 is 5.41 Å². The molecule has 0 radical (unpaired) electrons. The molecule has 0 aliphatic carbocycles. The second kappa shape index (κ2) is 10.8. The van der Waals surface area contributed by atoms with E-state index in [4.69, 9.17) is 9.15 Å². The van der Waals surface area contributed by atoms with Crippen LogP contribution in [0.15, 0.2) is 186 Å². The minimum Gasteiger partial charge on any atom is -0.457 e. The molecule has 0 saturated heterocycles. The molecule has 230 valence electrons. The summed E-state index contributed by atoms with van der Waals surface area (Å²) in [6.45, 7) is 0. The van der Waals surface area contributed by atoms with E-state index in [1.165, 1.54) is 21.9 Å². The summed E-state index contributed by atoms with van der Waals surface area (Å²) in [4.78, 5) is 0. The second-order valence-corrected chi connectivity index (χ2v) is 12.8. The van der Waals surface area contributed by atoms with Gasteiger partial charge in [0.15, 0.2) is 0 Å². The van der Waals surface area contributed by atoms with E-state index in [1.807, 2.05) is 12.1 Å². The van der Waals surface area contributed by atoms with Crippen LogP contribution in [-0.4, -0.2) is 0 Å². The van der Waals surface area contributed by atoms with E-state index in [1.54, 1.807) is 0 Å². The molecule has 9 aromatic rings. The number of hydrogen-bond acceptors (Lipinski definition) is 2. The van der Waals surface area contributed by atoms with Gasteiger partial charge < -0.3 is 9.15 Å². The molecule has 10 rings (SSSR count). The van der Waals surface area contributed by atoms with Crippen molar-refractivity contribution >= 4 is 32.7 Å². The van der Waals surface area contributed by atoms with Crippen LogP contribution in [0.1, 0.15) is 22.3 Å². The molecule has 49 heavy (non-hydrogen) atoms. The van der Waals surface area contributed by atoms with Crippen LogP contribution in [0.2, 0.25) is 0 Å². The lowest BCUT2D eigenvalue weighted by molar-refractivity contribution is 0.435. The SMILES string of the molecule is c1ccc(C2(c3ccccc3)c3ccccc3Oc3cc(-c4ccc(-c5cccc6c5oc5ccccc56)c5ccccc45)ccc32)cc1. The fourth-order valence-corrected chi connectivity index (χ4v) is 8.12. The summed E-state index contributed by atoms with van der Waals surface area (Å²) in [5.41, 5.74) is 10.5. The molecule has 0 N–H and O–H groups in total. The third kappa shape index (κ3) is 4.07. The highest BCUT2D eigenvalue weighted by Gasteiger charge is 2.45. The van der Waals surface area contributed by atoms with Crippen molar-refractivity contribution in [2.45, 2.75) is 5.41 Å². The van der Waals surface area contributed by atoms with E-state index in [9.17, 15) is 0 Å². The first-order valence-electron chi connectivity index (χ1n) is 16.8. The first-order valence-corrected chi connectivity index (χ1v) is 16.8. The summed E-state index contributed by atoms with van der Waals surface area (Å²) in [6, 6.07) is 64.8. The van der Waals surface area contributed by atoms with Gasteiger partial charge in [-0.05, 0) is 56.8 Å². The quantitative estimate of drug-likeness (QED) is 0.194. The van der Waals surface area contributed by atoms with E-state index >= 15 is 0 Å². The number of rotatable bonds is 4. The van der Waals surface area contributed by atoms with E-state index in [2.05, 4.69) is 170 Å². The molecule has 8 aromatic carbocycles. The van der Waals surface area contributed by atoms with Gasteiger partial charge in [-0.2, -0.15) is 0 Å².